The van der Waals surface area contributed by atoms with Gasteiger partial charge in [0.2, 0.25) is 5.91 Å². The van der Waals surface area contributed by atoms with Crippen molar-refractivity contribution in [3.8, 4) is 0 Å². The van der Waals surface area contributed by atoms with Gasteiger partial charge in [-0.2, -0.15) is 0 Å². The van der Waals surface area contributed by atoms with Gasteiger partial charge in [-0.15, -0.1) is 11.3 Å². The number of hydrogen-bond donors (Lipinski definition) is 2. The molecule has 22 heavy (non-hydrogen) atoms. The first-order chi connectivity index (χ1) is 10.5. The van der Waals surface area contributed by atoms with E-state index in [4.69, 9.17) is 4.42 Å². The summed E-state index contributed by atoms with van der Waals surface area (Å²) in [5, 5.41) is 7.64. The van der Waals surface area contributed by atoms with E-state index in [0.29, 0.717) is 0 Å². The molecule has 0 aliphatic heterocycles. The van der Waals surface area contributed by atoms with Crippen LogP contribution in [0.3, 0.4) is 0 Å². The van der Waals surface area contributed by atoms with Crippen molar-refractivity contribution in [3.63, 3.8) is 0 Å². The zero-order chi connectivity index (χ0) is 16.1. The Bertz CT molecular complexity index is 605. The molecule has 2 amide bonds. The standard InChI is InChI=1S/C16H20N2O3S/c1-10(2)14(18-15(19)12-6-4-8-21-12)16(20)17-11(3)13-7-5-9-22-13/h4-11,14H,1-3H3,(H,17,20)(H,18,19)/t11-,14+/m1/s1. The lowest BCUT2D eigenvalue weighted by atomic mass is 10.0. The molecule has 0 aliphatic carbocycles. The molecule has 118 valence electrons. The predicted octanol–water partition coefficient (Wildman–Crippen LogP) is 2.97. The van der Waals surface area contributed by atoms with Gasteiger partial charge in [0.25, 0.3) is 5.91 Å². The van der Waals surface area contributed by atoms with Crippen LogP contribution in [0, 0.1) is 5.92 Å². The van der Waals surface area contributed by atoms with E-state index in [0.717, 1.165) is 4.88 Å². The predicted molar refractivity (Wildman–Crippen MR) is 85.7 cm³/mol. The molecule has 2 rings (SSSR count). The van der Waals surface area contributed by atoms with E-state index in [9.17, 15) is 9.59 Å². The van der Waals surface area contributed by atoms with Crippen LogP contribution in [0.15, 0.2) is 40.3 Å². The number of hydrogen-bond acceptors (Lipinski definition) is 4. The zero-order valence-electron chi connectivity index (χ0n) is 12.8. The van der Waals surface area contributed by atoms with E-state index in [1.807, 2.05) is 38.3 Å². The third-order valence-corrected chi connectivity index (χ3v) is 4.36. The molecular formula is C16H20N2O3S. The summed E-state index contributed by atoms with van der Waals surface area (Å²) in [7, 11) is 0. The topological polar surface area (TPSA) is 71.3 Å². The summed E-state index contributed by atoms with van der Waals surface area (Å²) >= 11 is 1.59. The fraction of sp³-hybridized carbons (Fsp3) is 0.375. The number of nitrogens with one attached hydrogen (secondary N) is 2. The number of furan rings is 1. The van der Waals surface area contributed by atoms with Crippen molar-refractivity contribution in [1.29, 1.82) is 0 Å². The molecule has 0 spiro atoms. The summed E-state index contributed by atoms with van der Waals surface area (Å²) in [6, 6.07) is 6.43. The van der Waals surface area contributed by atoms with Crippen LogP contribution < -0.4 is 10.6 Å². The Morgan fingerprint density at radius 2 is 1.91 bits per heavy atom. The van der Waals surface area contributed by atoms with E-state index in [1.165, 1.54) is 6.26 Å². The maximum atomic E-state index is 12.4. The second kappa shape index (κ2) is 7.26. The molecular weight excluding hydrogens is 300 g/mol. The van der Waals surface area contributed by atoms with Crippen molar-refractivity contribution in [1.82, 2.24) is 10.6 Å². The summed E-state index contributed by atoms with van der Waals surface area (Å²) in [5.41, 5.74) is 0. The van der Waals surface area contributed by atoms with Gasteiger partial charge >= 0.3 is 0 Å². The van der Waals surface area contributed by atoms with E-state index < -0.39 is 6.04 Å². The second-order valence-electron chi connectivity index (χ2n) is 5.42. The maximum absolute atomic E-state index is 12.4. The number of carbonyl (C=O) groups is 2. The summed E-state index contributed by atoms with van der Waals surface area (Å²) in [6.07, 6.45) is 1.43. The number of thiophene rings is 1. The third-order valence-electron chi connectivity index (χ3n) is 3.31. The van der Waals surface area contributed by atoms with Crippen LogP contribution in [0.25, 0.3) is 0 Å². The normalized spacial score (nSPS) is 13.6. The first-order valence-electron chi connectivity index (χ1n) is 7.17. The van der Waals surface area contributed by atoms with Gasteiger partial charge in [0.1, 0.15) is 6.04 Å². The van der Waals surface area contributed by atoms with Gasteiger partial charge in [-0.3, -0.25) is 9.59 Å². The molecule has 0 unspecified atom stereocenters. The highest BCUT2D eigenvalue weighted by molar-refractivity contribution is 7.10. The summed E-state index contributed by atoms with van der Waals surface area (Å²) in [5.74, 6) is -0.419. The van der Waals surface area contributed by atoms with Gasteiger partial charge in [0.15, 0.2) is 5.76 Å². The SMILES string of the molecule is CC(C)[C@H](NC(=O)c1ccco1)C(=O)N[C@H](C)c1cccs1. The molecule has 6 heteroatoms. The smallest absolute Gasteiger partial charge is 0.287 e. The minimum atomic E-state index is -0.611. The molecule has 2 heterocycles. The summed E-state index contributed by atoms with van der Waals surface area (Å²) < 4.78 is 5.05. The van der Waals surface area contributed by atoms with Crippen molar-refractivity contribution in [2.24, 2.45) is 5.92 Å². The zero-order valence-corrected chi connectivity index (χ0v) is 13.6. The average molecular weight is 320 g/mol. The molecule has 0 saturated carbocycles. The molecule has 5 nitrogen and oxygen atoms in total. The Hall–Kier alpha value is -2.08. The van der Waals surface area contributed by atoms with Crippen LogP contribution in [0.4, 0.5) is 0 Å². The van der Waals surface area contributed by atoms with Crippen molar-refractivity contribution < 1.29 is 14.0 Å². The minimum Gasteiger partial charge on any atom is -0.459 e. The molecule has 0 saturated heterocycles. The van der Waals surface area contributed by atoms with Gasteiger partial charge in [-0.25, -0.2) is 0 Å². The van der Waals surface area contributed by atoms with Crippen LogP contribution in [0.5, 0.6) is 0 Å². The fourth-order valence-corrected chi connectivity index (χ4v) is 2.80. The Balaban J connectivity index is 2.01. The summed E-state index contributed by atoms with van der Waals surface area (Å²) in [6.45, 7) is 5.71. The van der Waals surface area contributed by atoms with Gasteiger partial charge < -0.3 is 15.1 Å². The van der Waals surface area contributed by atoms with Crippen molar-refractivity contribution in [3.05, 3.63) is 46.5 Å². The van der Waals surface area contributed by atoms with Gasteiger partial charge in [-0.1, -0.05) is 19.9 Å². The lowest BCUT2D eigenvalue weighted by molar-refractivity contribution is -0.124. The van der Waals surface area contributed by atoms with Gasteiger partial charge in [0.05, 0.1) is 12.3 Å². The largest absolute Gasteiger partial charge is 0.459 e. The Morgan fingerprint density at radius 3 is 2.45 bits per heavy atom. The van der Waals surface area contributed by atoms with Crippen LogP contribution in [-0.2, 0) is 4.79 Å². The van der Waals surface area contributed by atoms with E-state index in [2.05, 4.69) is 10.6 Å². The van der Waals surface area contributed by atoms with Crippen LogP contribution in [0.2, 0.25) is 0 Å². The quantitative estimate of drug-likeness (QED) is 0.859. The Labute approximate surface area is 133 Å². The van der Waals surface area contributed by atoms with Crippen LogP contribution in [0.1, 0.15) is 42.2 Å². The first kappa shape index (κ1) is 16.3. The van der Waals surface area contributed by atoms with Gasteiger partial charge in [-0.05, 0) is 36.4 Å². The van der Waals surface area contributed by atoms with Gasteiger partial charge in [0, 0.05) is 4.88 Å². The van der Waals surface area contributed by atoms with E-state index in [1.54, 1.807) is 23.5 Å². The Morgan fingerprint density at radius 1 is 1.14 bits per heavy atom. The van der Waals surface area contributed by atoms with Crippen LogP contribution >= 0.6 is 11.3 Å². The lowest BCUT2D eigenvalue weighted by Gasteiger charge is -2.23. The van der Waals surface area contributed by atoms with Crippen molar-refractivity contribution in [2.45, 2.75) is 32.9 Å². The highest BCUT2D eigenvalue weighted by Crippen LogP contribution is 2.18. The molecule has 0 radical (unpaired) electrons. The highest BCUT2D eigenvalue weighted by Gasteiger charge is 2.26. The monoisotopic (exact) mass is 320 g/mol. The molecule has 0 aromatic carbocycles. The Kier molecular flexibility index (Phi) is 5.38. The molecule has 2 atom stereocenters. The van der Waals surface area contributed by atoms with E-state index in [-0.39, 0.29) is 29.5 Å². The second-order valence-corrected chi connectivity index (χ2v) is 6.40. The lowest BCUT2D eigenvalue weighted by Crippen LogP contribution is -2.50. The van der Waals surface area contributed by atoms with Crippen LogP contribution in [-0.4, -0.2) is 17.9 Å². The molecule has 2 aromatic rings. The first-order valence-corrected chi connectivity index (χ1v) is 8.05. The molecule has 0 aliphatic rings. The molecule has 0 fully saturated rings. The molecule has 2 N–H and O–H groups in total. The number of rotatable bonds is 6. The highest BCUT2D eigenvalue weighted by atomic mass is 32.1. The molecule has 0 bridgehead atoms. The fourth-order valence-electron chi connectivity index (χ4n) is 2.07. The van der Waals surface area contributed by atoms with Crippen molar-refractivity contribution in [2.75, 3.05) is 0 Å². The summed E-state index contributed by atoms with van der Waals surface area (Å²) in [4.78, 5) is 25.6. The van der Waals surface area contributed by atoms with Crippen molar-refractivity contribution >= 4 is 23.2 Å². The number of amides is 2. The third kappa shape index (κ3) is 3.98. The van der Waals surface area contributed by atoms with E-state index >= 15 is 0 Å². The minimum absolute atomic E-state index is 0.0329. The number of carbonyl (C=O) groups excluding carboxylic acids is 2. The average Bonchev–Trinajstić information content (AvgIpc) is 3.15. The molecule has 2 aromatic heterocycles. The maximum Gasteiger partial charge on any atom is 0.287 e.